The monoisotopic (exact) mass is 331 g/mol. The van der Waals surface area contributed by atoms with E-state index in [1.54, 1.807) is 12.3 Å². The molecule has 2 N–H and O–H groups in total. The summed E-state index contributed by atoms with van der Waals surface area (Å²) in [5.74, 6) is -0.217. The zero-order valence-electron chi connectivity index (χ0n) is 13.4. The predicted octanol–water partition coefficient (Wildman–Crippen LogP) is 2.46. The Kier molecular flexibility index (Phi) is 4.63. The number of thiophene rings is 1. The number of H-pyrrole nitrogens is 1. The molecule has 0 spiro atoms. The van der Waals surface area contributed by atoms with Gasteiger partial charge < -0.3 is 10.3 Å². The van der Waals surface area contributed by atoms with Crippen molar-refractivity contribution in [2.24, 2.45) is 0 Å². The molecule has 3 heterocycles. The van der Waals surface area contributed by atoms with E-state index in [9.17, 15) is 9.59 Å². The summed E-state index contributed by atoms with van der Waals surface area (Å²) in [5, 5.41) is 5.10. The SMILES string of the molecule is CC(=O)c1c[nH]c(C(=O)NC[C@H](C)N2CCc3sccc3C2)c1. The second kappa shape index (κ2) is 6.68. The molecule has 1 aliphatic rings. The van der Waals surface area contributed by atoms with Gasteiger partial charge in [0.1, 0.15) is 5.69 Å². The van der Waals surface area contributed by atoms with Crippen LogP contribution in [0.1, 0.15) is 45.1 Å². The van der Waals surface area contributed by atoms with Crippen molar-refractivity contribution < 1.29 is 9.59 Å². The fourth-order valence-electron chi connectivity index (χ4n) is 2.84. The summed E-state index contributed by atoms with van der Waals surface area (Å²) < 4.78 is 0. The topological polar surface area (TPSA) is 65.2 Å². The Hall–Kier alpha value is -1.92. The highest BCUT2D eigenvalue weighted by Gasteiger charge is 2.22. The lowest BCUT2D eigenvalue weighted by Crippen LogP contribution is -2.44. The highest BCUT2D eigenvalue weighted by molar-refractivity contribution is 7.10. The smallest absolute Gasteiger partial charge is 0.267 e. The van der Waals surface area contributed by atoms with Crippen LogP contribution >= 0.6 is 11.3 Å². The summed E-state index contributed by atoms with van der Waals surface area (Å²) in [5.41, 5.74) is 2.38. The number of carbonyl (C=O) groups excluding carboxylic acids is 2. The van der Waals surface area contributed by atoms with Crippen molar-refractivity contribution >= 4 is 23.0 Å². The van der Waals surface area contributed by atoms with Crippen molar-refractivity contribution in [2.75, 3.05) is 13.1 Å². The van der Waals surface area contributed by atoms with Gasteiger partial charge in [-0.25, -0.2) is 0 Å². The maximum absolute atomic E-state index is 12.2. The normalized spacial score (nSPS) is 15.9. The zero-order chi connectivity index (χ0) is 16.4. The fraction of sp³-hybridized carbons (Fsp3) is 0.412. The molecule has 1 amide bonds. The van der Waals surface area contributed by atoms with E-state index in [0.717, 1.165) is 19.5 Å². The van der Waals surface area contributed by atoms with Crippen LogP contribution in [0.4, 0.5) is 0 Å². The molecule has 3 rings (SSSR count). The first-order valence-electron chi connectivity index (χ1n) is 7.81. The van der Waals surface area contributed by atoms with Crippen LogP contribution in [0.5, 0.6) is 0 Å². The molecule has 0 saturated heterocycles. The lowest BCUT2D eigenvalue weighted by atomic mass is 10.1. The molecule has 2 aromatic rings. The van der Waals surface area contributed by atoms with E-state index in [-0.39, 0.29) is 17.7 Å². The molecule has 0 radical (unpaired) electrons. The van der Waals surface area contributed by atoms with Crippen molar-refractivity contribution in [2.45, 2.75) is 32.9 Å². The molecular formula is C17H21N3O2S. The molecule has 2 aromatic heterocycles. The number of nitrogens with zero attached hydrogens (tertiary/aromatic N) is 1. The van der Waals surface area contributed by atoms with Gasteiger partial charge in [0, 0.05) is 42.3 Å². The first kappa shape index (κ1) is 16.0. The number of hydrogen-bond donors (Lipinski definition) is 2. The second-order valence-corrected chi connectivity index (χ2v) is 7.01. The van der Waals surface area contributed by atoms with Crippen molar-refractivity contribution in [3.05, 3.63) is 45.4 Å². The molecule has 1 atom stereocenters. The highest BCUT2D eigenvalue weighted by Crippen LogP contribution is 2.24. The summed E-state index contributed by atoms with van der Waals surface area (Å²) in [6.45, 7) is 6.19. The molecule has 0 saturated carbocycles. The molecule has 0 aromatic carbocycles. The van der Waals surface area contributed by atoms with Gasteiger partial charge in [-0.15, -0.1) is 11.3 Å². The van der Waals surface area contributed by atoms with Crippen LogP contribution in [-0.4, -0.2) is 40.7 Å². The van der Waals surface area contributed by atoms with Gasteiger partial charge in [0.05, 0.1) is 0 Å². The minimum Gasteiger partial charge on any atom is -0.356 e. The van der Waals surface area contributed by atoms with Crippen LogP contribution in [0, 0.1) is 0 Å². The fourth-order valence-corrected chi connectivity index (χ4v) is 3.73. The average molecular weight is 331 g/mol. The van der Waals surface area contributed by atoms with Crippen LogP contribution in [0.25, 0.3) is 0 Å². The predicted molar refractivity (Wildman–Crippen MR) is 91.0 cm³/mol. The van der Waals surface area contributed by atoms with Gasteiger partial charge in [-0.1, -0.05) is 0 Å². The second-order valence-electron chi connectivity index (χ2n) is 6.01. The highest BCUT2D eigenvalue weighted by atomic mass is 32.1. The van der Waals surface area contributed by atoms with E-state index in [0.29, 0.717) is 17.8 Å². The van der Waals surface area contributed by atoms with E-state index < -0.39 is 0 Å². The molecule has 5 nitrogen and oxygen atoms in total. The van der Waals surface area contributed by atoms with Crippen LogP contribution < -0.4 is 5.32 Å². The Labute approximate surface area is 139 Å². The maximum Gasteiger partial charge on any atom is 0.267 e. The van der Waals surface area contributed by atoms with Gasteiger partial charge >= 0.3 is 0 Å². The molecule has 23 heavy (non-hydrogen) atoms. The summed E-state index contributed by atoms with van der Waals surface area (Å²) in [4.78, 5) is 30.2. The van der Waals surface area contributed by atoms with Crippen LogP contribution in [-0.2, 0) is 13.0 Å². The average Bonchev–Trinajstić information content (AvgIpc) is 3.20. The molecule has 0 aliphatic carbocycles. The number of rotatable bonds is 5. The third-order valence-electron chi connectivity index (χ3n) is 4.35. The quantitative estimate of drug-likeness (QED) is 0.827. The van der Waals surface area contributed by atoms with E-state index in [1.807, 2.05) is 11.3 Å². The third-order valence-corrected chi connectivity index (χ3v) is 5.38. The maximum atomic E-state index is 12.2. The number of hydrogen-bond acceptors (Lipinski definition) is 4. The standard InChI is InChI=1S/C17H21N3O2S/c1-11(20-5-3-16-13(10-20)4-6-23-16)8-19-17(22)15-7-14(9-18-15)12(2)21/h4,6-7,9,11,18H,3,5,8,10H2,1-2H3,(H,19,22)/t11-/m0/s1. The Morgan fingerprint density at radius 3 is 3.04 bits per heavy atom. The van der Waals surface area contributed by atoms with Crippen LogP contribution in [0.2, 0.25) is 0 Å². The Balaban J connectivity index is 1.53. The Bertz CT molecular complexity index is 719. The number of nitrogens with one attached hydrogen (secondary N) is 2. The van der Waals surface area contributed by atoms with Crippen molar-refractivity contribution in [3.63, 3.8) is 0 Å². The molecule has 0 bridgehead atoms. The van der Waals surface area contributed by atoms with E-state index in [1.165, 1.54) is 17.4 Å². The zero-order valence-corrected chi connectivity index (χ0v) is 14.2. The minimum atomic E-state index is -0.169. The number of Topliss-reactive ketones (excluding diaryl/α,β-unsaturated/α-hetero) is 1. The van der Waals surface area contributed by atoms with Crippen LogP contribution in [0.3, 0.4) is 0 Å². The van der Waals surface area contributed by atoms with Gasteiger partial charge in [-0.2, -0.15) is 0 Å². The molecule has 0 fully saturated rings. The summed E-state index contributed by atoms with van der Waals surface area (Å²) in [6, 6.07) is 4.06. The lowest BCUT2D eigenvalue weighted by Gasteiger charge is -2.32. The van der Waals surface area contributed by atoms with Gasteiger partial charge in [0.2, 0.25) is 0 Å². The van der Waals surface area contributed by atoms with Gasteiger partial charge in [0.25, 0.3) is 5.91 Å². The summed E-state index contributed by atoms with van der Waals surface area (Å²) in [6.07, 6.45) is 2.66. The molecule has 0 unspecified atom stereocenters. The summed E-state index contributed by atoms with van der Waals surface area (Å²) in [7, 11) is 0. The Morgan fingerprint density at radius 2 is 2.30 bits per heavy atom. The largest absolute Gasteiger partial charge is 0.356 e. The van der Waals surface area contributed by atoms with Gasteiger partial charge in [-0.05, 0) is 43.3 Å². The van der Waals surface area contributed by atoms with Crippen molar-refractivity contribution in [1.82, 2.24) is 15.2 Å². The van der Waals surface area contributed by atoms with Gasteiger partial charge in [-0.3, -0.25) is 14.5 Å². The lowest BCUT2D eigenvalue weighted by molar-refractivity contribution is 0.0928. The van der Waals surface area contributed by atoms with Crippen LogP contribution in [0.15, 0.2) is 23.7 Å². The molecule has 1 aliphatic heterocycles. The minimum absolute atomic E-state index is 0.0476. The molecule has 122 valence electrons. The van der Waals surface area contributed by atoms with Crippen molar-refractivity contribution in [3.8, 4) is 0 Å². The molecule has 6 heteroatoms. The number of ketones is 1. The van der Waals surface area contributed by atoms with Gasteiger partial charge in [0.15, 0.2) is 5.78 Å². The molecular weight excluding hydrogens is 310 g/mol. The number of carbonyl (C=O) groups is 2. The first-order valence-corrected chi connectivity index (χ1v) is 8.69. The van der Waals surface area contributed by atoms with Crippen molar-refractivity contribution in [1.29, 1.82) is 0 Å². The van der Waals surface area contributed by atoms with E-state index in [4.69, 9.17) is 0 Å². The van der Waals surface area contributed by atoms with E-state index >= 15 is 0 Å². The number of aromatic nitrogens is 1. The van der Waals surface area contributed by atoms with E-state index in [2.05, 4.69) is 33.6 Å². The Morgan fingerprint density at radius 1 is 1.48 bits per heavy atom. The third kappa shape index (κ3) is 3.54. The number of amides is 1. The summed E-state index contributed by atoms with van der Waals surface area (Å²) >= 11 is 1.83. The number of fused-ring (bicyclic) bond motifs is 1. The first-order chi connectivity index (χ1) is 11.0. The number of aromatic amines is 1.